The number of carbonyl (C=O) groups is 3. The maximum atomic E-state index is 12.0. The van der Waals surface area contributed by atoms with Crippen molar-refractivity contribution in [2.45, 2.75) is 95.9 Å². The number of quaternary nitrogens is 3. The van der Waals surface area contributed by atoms with E-state index in [-0.39, 0.29) is 90.1 Å². The summed E-state index contributed by atoms with van der Waals surface area (Å²) in [5, 5.41) is 6.47. The number of hydrogen-bond acceptors (Lipinski definition) is 3. The van der Waals surface area contributed by atoms with Crippen LogP contribution in [0, 0.1) is 0 Å². The SMILES string of the molecule is CN1C(=O)[C@@H](Cc2ccccc2)[NH2+]C1(C)C.CN1C(=O)[C@@H](Cc2ccccc2)[NH2+]C1(C)C.CN1C(=O)[C@@H](Cc2ccccc2)[NH2+]C1(C)C.[Cl-].[Cl-].[Cl-]. The van der Waals surface area contributed by atoms with Gasteiger partial charge in [-0.3, -0.25) is 29.1 Å². The number of carbonyl (C=O) groups excluding carboxylic acids is 3. The van der Waals surface area contributed by atoms with E-state index >= 15 is 0 Å². The molecule has 282 valence electrons. The van der Waals surface area contributed by atoms with Gasteiger partial charge in [0.25, 0.3) is 17.7 Å². The van der Waals surface area contributed by atoms with Crippen LogP contribution in [-0.2, 0) is 33.6 Å². The second-order valence-corrected chi connectivity index (χ2v) is 15.0. The minimum Gasteiger partial charge on any atom is -1.00 e. The molecular formula is C39H57Cl3N6O3. The number of rotatable bonds is 6. The summed E-state index contributed by atoms with van der Waals surface area (Å²) in [4.78, 5) is 41.6. The van der Waals surface area contributed by atoms with Crippen LogP contribution in [0.25, 0.3) is 0 Å². The monoisotopic (exact) mass is 762 g/mol. The van der Waals surface area contributed by atoms with Gasteiger partial charge >= 0.3 is 0 Å². The van der Waals surface area contributed by atoms with Crippen molar-refractivity contribution >= 4 is 17.7 Å². The molecule has 0 radical (unpaired) electrons. The summed E-state index contributed by atoms with van der Waals surface area (Å²) in [5.41, 5.74) is 3.33. The molecule has 3 heterocycles. The average Bonchev–Trinajstić information content (AvgIpc) is 3.47. The fourth-order valence-corrected chi connectivity index (χ4v) is 6.67. The minimum atomic E-state index is -0.115. The molecule has 0 unspecified atom stereocenters. The van der Waals surface area contributed by atoms with E-state index in [1.54, 1.807) is 0 Å². The Labute approximate surface area is 323 Å². The van der Waals surface area contributed by atoms with Gasteiger partial charge in [0.05, 0.1) is 0 Å². The lowest BCUT2D eigenvalue weighted by Crippen LogP contribution is -3.00. The fraction of sp³-hybridized carbons (Fsp3) is 0.462. The standard InChI is InChI=1S/3C13H18N2O.3ClH/c3*1-13(2)14-11(12(16)15(13)3)9-10-7-5-4-6-8-10;;;/h3*4-8,11,14H,9H2,1-3H3;3*1H/t3*11-;;;/m111.../s1. The predicted molar refractivity (Wildman–Crippen MR) is 188 cm³/mol. The van der Waals surface area contributed by atoms with Crippen molar-refractivity contribution in [2.24, 2.45) is 0 Å². The van der Waals surface area contributed by atoms with E-state index in [0.29, 0.717) is 0 Å². The molecule has 6 rings (SSSR count). The van der Waals surface area contributed by atoms with Crippen molar-refractivity contribution in [3.63, 3.8) is 0 Å². The quantitative estimate of drug-likeness (QED) is 0.232. The number of likely N-dealkylation sites (N-methyl/N-ethyl adjacent to an activating group) is 3. The highest BCUT2D eigenvalue weighted by Gasteiger charge is 2.48. The molecular weight excluding hydrogens is 707 g/mol. The molecule has 3 atom stereocenters. The van der Waals surface area contributed by atoms with Crippen molar-refractivity contribution < 1.29 is 67.6 Å². The topological polar surface area (TPSA) is 111 Å². The summed E-state index contributed by atoms with van der Waals surface area (Å²) in [5.74, 6) is 0.691. The first-order chi connectivity index (χ1) is 22.5. The summed E-state index contributed by atoms with van der Waals surface area (Å²) in [6.45, 7) is 12.5. The van der Waals surface area contributed by atoms with Crippen molar-refractivity contribution in [3.8, 4) is 0 Å². The Balaban J connectivity index is 0.000000372. The lowest BCUT2D eigenvalue weighted by Gasteiger charge is -2.22. The van der Waals surface area contributed by atoms with Gasteiger partial charge in [-0.05, 0) is 16.7 Å². The van der Waals surface area contributed by atoms with Gasteiger partial charge in [-0.25, -0.2) is 0 Å². The Morgan fingerprint density at radius 3 is 0.784 bits per heavy atom. The highest BCUT2D eigenvalue weighted by atomic mass is 35.5. The number of halogens is 3. The van der Waals surface area contributed by atoms with E-state index in [4.69, 9.17) is 0 Å². The summed E-state index contributed by atoms with van der Waals surface area (Å²) in [6.07, 6.45) is 2.44. The molecule has 9 nitrogen and oxygen atoms in total. The Kier molecular flexibility index (Phi) is 17.1. The molecule has 51 heavy (non-hydrogen) atoms. The van der Waals surface area contributed by atoms with Crippen LogP contribution >= 0.6 is 0 Å². The normalized spacial score (nSPS) is 22.4. The maximum Gasteiger partial charge on any atom is 0.285 e. The van der Waals surface area contributed by atoms with E-state index in [0.717, 1.165) is 19.3 Å². The van der Waals surface area contributed by atoms with Crippen LogP contribution in [-0.4, -0.2) is 88.7 Å². The molecule has 3 aliphatic rings. The molecule has 3 saturated heterocycles. The molecule has 0 saturated carbocycles. The number of nitrogens with two attached hydrogens (primary N) is 3. The Morgan fingerprint density at radius 2 is 0.627 bits per heavy atom. The average molecular weight is 764 g/mol. The van der Waals surface area contributed by atoms with Gasteiger partial charge in [0, 0.05) is 81.9 Å². The van der Waals surface area contributed by atoms with E-state index < -0.39 is 0 Å². The molecule has 0 bridgehead atoms. The zero-order valence-corrected chi connectivity index (χ0v) is 33.7. The summed E-state index contributed by atoms with van der Waals surface area (Å²) < 4.78 is 0. The molecule has 3 amide bonds. The lowest BCUT2D eigenvalue weighted by atomic mass is 10.1. The lowest BCUT2D eigenvalue weighted by molar-refractivity contribution is -0.737. The highest BCUT2D eigenvalue weighted by Crippen LogP contribution is 2.16. The van der Waals surface area contributed by atoms with Crippen molar-refractivity contribution in [1.82, 2.24) is 14.7 Å². The van der Waals surface area contributed by atoms with Crippen LogP contribution in [0.4, 0.5) is 0 Å². The predicted octanol–water partition coefficient (Wildman–Crippen LogP) is -7.88. The van der Waals surface area contributed by atoms with E-state index in [1.165, 1.54) is 16.7 Å². The molecule has 6 N–H and O–H groups in total. The third-order valence-corrected chi connectivity index (χ3v) is 10.3. The van der Waals surface area contributed by atoms with Crippen LogP contribution in [0.3, 0.4) is 0 Å². The third kappa shape index (κ3) is 11.7. The van der Waals surface area contributed by atoms with Gasteiger partial charge in [0.2, 0.25) is 0 Å². The Morgan fingerprint density at radius 1 is 0.431 bits per heavy atom. The molecule has 0 aromatic heterocycles. The summed E-state index contributed by atoms with van der Waals surface area (Å²) in [7, 11) is 5.64. The second kappa shape index (κ2) is 19.1. The van der Waals surface area contributed by atoms with Gasteiger partial charge in [0.15, 0.2) is 35.1 Å². The zero-order valence-electron chi connectivity index (χ0n) is 31.4. The van der Waals surface area contributed by atoms with E-state index in [9.17, 15) is 14.4 Å². The first-order valence-corrected chi connectivity index (χ1v) is 17.0. The zero-order chi connectivity index (χ0) is 35.3. The van der Waals surface area contributed by atoms with E-state index in [2.05, 4.69) is 93.9 Å². The smallest absolute Gasteiger partial charge is 0.285 e. The highest BCUT2D eigenvalue weighted by molar-refractivity contribution is 5.83. The largest absolute Gasteiger partial charge is 1.00 e. The first kappa shape index (κ1) is 45.8. The molecule has 3 aromatic carbocycles. The Bertz CT molecular complexity index is 1360. The number of hydrogen-bond donors (Lipinski definition) is 3. The van der Waals surface area contributed by atoms with Crippen LogP contribution in [0.1, 0.15) is 58.2 Å². The molecule has 12 heteroatoms. The van der Waals surface area contributed by atoms with Crippen LogP contribution in [0.15, 0.2) is 91.0 Å². The molecule has 3 aromatic rings. The third-order valence-electron chi connectivity index (χ3n) is 10.3. The van der Waals surface area contributed by atoms with Gasteiger partial charge in [-0.2, -0.15) is 0 Å². The molecule has 0 spiro atoms. The van der Waals surface area contributed by atoms with Gasteiger partial charge in [-0.15, -0.1) is 0 Å². The summed E-state index contributed by atoms with van der Waals surface area (Å²) in [6, 6.07) is 30.6. The fourth-order valence-electron chi connectivity index (χ4n) is 6.67. The van der Waals surface area contributed by atoms with Gasteiger partial charge < -0.3 is 53.2 Å². The number of nitrogens with zero attached hydrogens (tertiary/aromatic N) is 3. The second-order valence-electron chi connectivity index (χ2n) is 15.0. The molecule has 3 fully saturated rings. The van der Waals surface area contributed by atoms with Crippen LogP contribution < -0.4 is 53.2 Å². The van der Waals surface area contributed by atoms with Crippen molar-refractivity contribution in [2.75, 3.05) is 21.1 Å². The maximum absolute atomic E-state index is 12.0. The van der Waals surface area contributed by atoms with Gasteiger partial charge in [0.1, 0.15) is 0 Å². The molecule has 3 aliphatic heterocycles. The Hall–Kier alpha value is -3.18. The minimum absolute atomic E-state index is 0. The van der Waals surface area contributed by atoms with E-state index in [1.807, 2.05) is 90.4 Å². The number of amides is 3. The van der Waals surface area contributed by atoms with Gasteiger partial charge in [-0.1, -0.05) is 91.0 Å². The first-order valence-electron chi connectivity index (χ1n) is 17.0. The summed E-state index contributed by atoms with van der Waals surface area (Å²) >= 11 is 0. The number of benzene rings is 3. The van der Waals surface area contributed by atoms with Crippen LogP contribution in [0.2, 0.25) is 0 Å². The van der Waals surface area contributed by atoms with Crippen LogP contribution in [0.5, 0.6) is 0 Å². The molecule has 0 aliphatic carbocycles. The van der Waals surface area contributed by atoms with Crippen molar-refractivity contribution in [1.29, 1.82) is 0 Å². The van der Waals surface area contributed by atoms with Crippen molar-refractivity contribution in [3.05, 3.63) is 108 Å².